The Labute approximate surface area is 115 Å². The first-order chi connectivity index (χ1) is 9.61. The van der Waals surface area contributed by atoms with Gasteiger partial charge in [-0.3, -0.25) is 4.79 Å². The van der Waals surface area contributed by atoms with Crippen LogP contribution in [-0.4, -0.2) is 17.5 Å². The molecule has 2 rings (SSSR count). The summed E-state index contributed by atoms with van der Waals surface area (Å²) in [6.45, 7) is 2.31. The van der Waals surface area contributed by atoms with Crippen molar-refractivity contribution in [2.45, 2.75) is 6.92 Å². The number of nitrogens with one attached hydrogen (secondary N) is 1. The van der Waals surface area contributed by atoms with Crippen molar-refractivity contribution >= 4 is 17.4 Å². The third-order valence-corrected chi connectivity index (χ3v) is 2.56. The molecule has 104 valence electrons. The van der Waals surface area contributed by atoms with Crippen molar-refractivity contribution in [2.75, 3.05) is 17.7 Å². The smallest absolute Gasteiger partial charge is 0.259 e. The molecule has 20 heavy (non-hydrogen) atoms. The number of nitrogens with zero attached hydrogens (tertiary/aromatic N) is 1. The molecule has 6 heteroatoms. The summed E-state index contributed by atoms with van der Waals surface area (Å²) in [6.07, 6.45) is 0.959. The zero-order chi connectivity index (χ0) is 14.5. The van der Waals surface area contributed by atoms with Crippen LogP contribution in [0.5, 0.6) is 5.75 Å². The molecular weight excluding hydrogens is 261 g/mol. The number of amides is 1. The number of halogens is 1. The first-order valence-corrected chi connectivity index (χ1v) is 6.06. The zero-order valence-corrected chi connectivity index (χ0v) is 10.9. The van der Waals surface area contributed by atoms with Crippen LogP contribution in [0, 0.1) is 5.82 Å². The monoisotopic (exact) mass is 275 g/mol. The fraction of sp³-hybridized carbons (Fsp3) is 0.143. The van der Waals surface area contributed by atoms with Crippen LogP contribution in [0.4, 0.5) is 15.9 Å². The number of nitrogen functional groups attached to an aromatic ring is 1. The van der Waals surface area contributed by atoms with E-state index in [-0.39, 0.29) is 11.4 Å². The van der Waals surface area contributed by atoms with Gasteiger partial charge in [-0.15, -0.1) is 0 Å². The standard InChI is InChI=1S/C14H14FN3O2/c1-2-20-12-6-4-3-5-11(12)18-14(19)10-7-9(15)8-17-13(10)16/h3-8H,2H2,1H3,(H2,16,17)(H,18,19). The Morgan fingerprint density at radius 2 is 2.20 bits per heavy atom. The van der Waals surface area contributed by atoms with Crippen LogP contribution < -0.4 is 15.8 Å². The molecule has 0 bridgehead atoms. The Morgan fingerprint density at radius 3 is 2.95 bits per heavy atom. The van der Waals surface area contributed by atoms with Gasteiger partial charge in [-0.05, 0) is 25.1 Å². The third-order valence-electron chi connectivity index (χ3n) is 2.56. The largest absolute Gasteiger partial charge is 0.492 e. The second-order valence-corrected chi connectivity index (χ2v) is 3.97. The number of para-hydroxylation sites is 2. The number of pyridine rings is 1. The number of carbonyl (C=O) groups is 1. The number of benzene rings is 1. The van der Waals surface area contributed by atoms with E-state index >= 15 is 0 Å². The highest BCUT2D eigenvalue weighted by Gasteiger charge is 2.14. The van der Waals surface area contributed by atoms with Crippen LogP contribution in [0.1, 0.15) is 17.3 Å². The molecule has 0 saturated heterocycles. The molecule has 0 atom stereocenters. The maximum Gasteiger partial charge on any atom is 0.259 e. The average molecular weight is 275 g/mol. The summed E-state index contributed by atoms with van der Waals surface area (Å²) in [5, 5.41) is 2.63. The Kier molecular flexibility index (Phi) is 4.14. The molecule has 1 aromatic heterocycles. The van der Waals surface area contributed by atoms with Gasteiger partial charge in [0.2, 0.25) is 0 Å². The molecule has 1 amide bonds. The van der Waals surface area contributed by atoms with Gasteiger partial charge in [-0.25, -0.2) is 9.37 Å². The molecule has 5 nitrogen and oxygen atoms in total. The van der Waals surface area contributed by atoms with Crippen molar-refractivity contribution in [1.29, 1.82) is 0 Å². The van der Waals surface area contributed by atoms with E-state index in [1.54, 1.807) is 24.3 Å². The van der Waals surface area contributed by atoms with E-state index in [1.165, 1.54) is 0 Å². The normalized spacial score (nSPS) is 10.1. The lowest BCUT2D eigenvalue weighted by atomic mass is 10.2. The van der Waals surface area contributed by atoms with Crippen LogP contribution in [0.15, 0.2) is 36.5 Å². The van der Waals surface area contributed by atoms with Crippen LogP contribution in [-0.2, 0) is 0 Å². The van der Waals surface area contributed by atoms with E-state index < -0.39 is 11.7 Å². The summed E-state index contributed by atoms with van der Waals surface area (Å²) in [5.74, 6) is -0.659. The van der Waals surface area contributed by atoms with Crippen molar-refractivity contribution in [1.82, 2.24) is 4.98 Å². The second kappa shape index (κ2) is 6.01. The minimum atomic E-state index is -0.623. The van der Waals surface area contributed by atoms with Crippen molar-refractivity contribution in [3.05, 3.63) is 47.9 Å². The van der Waals surface area contributed by atoms with Crippen molar-refractivity contribution in [2.24, 2.45) is 0 Å². The van der Waals surface area contributed by atoms with Crippen molar-refractivity contribution in [3.8, 4) is 5.75 Å². The van der Waals surface area contributed by atoms with Gasteiger partial charge in [-0.2, -0.15) is 0 Å². The van der Waals surface area contributed by atoms with Gasteiger partial charge in [0.1, 0.15) is 17.4 Å². The lowest BCUT2D eigenvalue weighted by Crippen LogP contribution is -2.16. The molecule has 0 spiro atoms. The molecule has 0 fully saturated rings. The Hall–Kier alpha value is -2.63. The van der Waals surface area contributed by atoms with Crippen LogP contribution in [0.25, 0.3) is 0 Å². The van der Waals surface area contributed by atoms with Gasteiger partial charge in [0, 0.05) is 0 Å². The minimum Gasteiger partial charge on any atom is -0.492 e. The molecule has 0 saturated carbocycles. The van der Waals surface area contributed by atoms with Gasteiger partial charge in [0.05, 0.1) is 24.1 Å². The van der Waals surface area contributed by atoms with E-state index in [1.807, 2.05) is 6.92 Å². The molecule has 2 aromatic rings. The number of rotatable bonds is 4. The number of carbonyl (C=O) groups excluding carboxylic acids is 1. The number of anilines is 2. The molecule has 0 aliphatic carbocycles. The van der Waals surface area contributed by atoms with Gasteiger partial charge >= 0.3 is 0 Å². The summed E-state index contributed by atoms with van der Waals surface area (Å²) in [4.78, 5) is 15.7. The first-order valence-electron chi connectivity index (χ1n) is 6.06. The first kappa shape index (κ1) is 13.8. The predicted molar refractivity (Wildman–Crippen MR) is 74.2 cm³/mol. The quantitative estimate of drug-likeness (QED) is 0.898. The summed E-state index contributed by atoms with van der Waals surface area (Å²) in [6, 6.07) is 8.00. The number of ether oxygens (including phenoxy) is 1. The van der Waals surface area contributed by atoms with E-state index in [0.29, 0.717) is 18.0 Å². The SMILES string of the molecule is CCOc1ccccc1NC(=O)c1cc(F)cnc1N. The number of hydrogen-bond acceptors (Lipinski definition) is 4. The maximum atomic E-state index is 13.1. The minimum absolute atomic E-state index is 0.0173. The van der Waals surface area contributed by atoms with Crippen molar-refractivity contribution in [3.63, 3.8) is 0 Å². The summed E-state index contributed by atoms with van der Waals surface area (Å²) in [7, 11) is 0. The maximum absolute atomic E-state index is 13.1. The predicted octanol–water partition coefficient (Wildman–Crippen LogP) is 2.45. The Bertz CT molecular complexity index is 632. The molecule has 0 aliphatic heterocycles. The summed E-state index contributed by atoms with van der Waals surface area (Å²) >= 11 is 0. The zero-order valence-electron chi connectivity index (χ0n) is 10.9. The molecule has 0 radical (unpaired) electrons. The lowest BCUT2D eigenvalue weighted by molar-refractivity contribution is 0.102. The average Bonchev–Trinajstić information content (AvgIpc) is 2.44. The molecular formula is C14H14FN3O2. The second-order valence-electron chi connectivity index (χ2n) is 3.97. The van der Waals surface area contributed by atoms with Crippen LogP contribution in [0.3, 0.4) is 0 Å². The van der Waals surface area contributed by atoms with Gasteiger partial charge in [0.25, 0.3) is 5.91 Å². The van der Waals surface area contributed by atoms with E-state index in [0.717, 1.165) is 12.3 Å². The third kappa shape index (κ3) is 3.03. The summed E-state index contributed by atoms with van der Waals surface area (Å²) < 4.78 is 18.5. The molecule has 0 aliphatic rings. The molecule has 3 N–H and O–H groups in total. The molecule has 1 aromatic carbocycles. The number of hydrogen-bond donors (Lipinski definition) is 2. The highest BCUT2D eigenvalue weighted by atomic mass is 19.1. The number of nitrogens with two attached hydrogens (primary N) is 1. The Balaban J connectivity index is 2.26. The lowest BCUT2D eigenvalue weighted by Gasteiger charge is -2.11. The van der Waals surface area contributed by atoms with Gasteiger partial charge in [0.15, 0.2) is 0 Å². The Morgan fingerprint density at radius 1 is 1.45 bits per heavy atom. The molecule has 0 unspecified atom stereocenters. The fourth-order valence-corrected chi connectivity index (χ4v) is 1.67. The van der Waals surface area contributed by atoms with Crippen molar-refractivity contribution < 1.29 is 13.9 Å². The highest BCUT2D eigenvalue weighted by molar-refractivity contribution is 6.07. The fourth-order valence-electron chi connectivity index (χ4n) is 1.67. The molecule has 1 heterocycles. The highest BCUT2D eigenvalue weighted by Crippen LogP contribution is 2.24. The van der Waals surface area contributed by atoms with E-state index in [9.17, 15) is 9.18 Å². The van der Waals surface area contributed by atoms with Gasteiger partial charge < -0.3 is 15.8 Å². The number of aromatic nitrogens is 1. The van der Waals surface area contributed by atoms with Gasteiger partial charge in [-0.1, -0.05) is 12.1 Å². The van der Waals surface area contributed by atoms with E-state index in [4.69, 9.17) is 10.5 Å². The van der Waals surface area contributed by atoms with Crippen LogP contribution >= 0.6 is 0 Å². The summed E-state index contributed by atoms with van der Waals surface area (Å²) in [5.41, 5.74) is 6.04. The topological polar surface area (TPSA) is 77.2 Å². The van der Waals surface area contributed by atoms with E-state index in [2.05, 4.69) is 10.3 Å². The van der Waals surface area contributed by atoms with Crippen LogP contribution in [0.2, 0.25) is 0 Å².